The Morgan fingerprint density at radius 3 is 2.34 bits per heavy atom. The first kappa shape index (κ1) is 23.1. The standard InChI is InChI=1S/C20H22N4O7S/c1-3-31-20(26)14-4-5-18(21-13-14)22-6-8-23(9-7-22)19(25)15-10-16(24(27)28)12-17(11-15)32(2,29)30/h4-5,10-13H,3,6-9H2,1-2H3. The number of nitrogens with zero attached hydrogens (tertiary/aromatic N) is 4. The highest BCUT2D eigenvalue weighted by Crippen LogP contribution is 2.23. The van der Waals surface area contributed by atoms with E-state index >= 15 is 0 Å². The molecule has 0 unspecified atom stereocenters. The number of nitro groups is 1. The molecule has 1 amide bonds. The molecule has 1 aromatic carbocycles. The summed E-state index contributed by atoms with van der Waals surface area (Å²) in [6, 6.07) is 6.50. The Morgan fingerprint density at radius 1 is 1.12 bits per heavy atom. The van der Waals surface area contributed by atoms with Crippen LogP contribution < -0.4 is 4.90 Å². The number of ether oxygens (including phenoxy) is 1. The molecule has 0 bridgehead atoms. The average Bonchev–Trinajstić information content (AvgIpc) is 2.78. The predicted molar refractivity (Wildman–Crippen MR) is 115 cm³/mol. The van der Waals surface area contributed by atoms with Crippen molar-refractivity contribution < 1.29 is 27.7 Å². The lowest BCUT2D eigenvalue weighted by Gasteiger charge is -2.35. The smallest absolute Gasteiger partial charge is 0.339 e. The molecular formula is C20H22N4O7S. The van der Waals surface area contributed by atoms with Gasteiger partial charge in [-0.1, -0.05) is 0 Å². The number of aromatic nitrogens is 1. The van der Waals surface area contributed by atoms with E-state index in [1.165, 1.54) is 11.1 Å². The zero-order valence-corrected chi connectivity index (χ0v) is 18.4. The summed E-state index contributed by atoms with van der Waals surface area (Å²) in [5.41, 5.74) is -0.164. The van der Waals surface area contributed by atoms with Crippen molar-refractivity contribution in [2.75, 3.05) is 43.9 Å². The van der Waals surface area contributed by atoms with E-state index in [2.05, 4.69) is 4.98 Å². The zero-order chi connectivity index (χ0) is 23.5. The van der Waals surface area contributed by atoms with E-state index in [4.69, 9.17) is 4.74 Å². The first-order valence-corrected chi connectivity index (χ1v) is 11.7. The number of hydrogen-bond donors (Lipinski definition) is 0. The van der Waals surface area contributed by atoms with Crippen LogP contribution in [-0.4, -0.2) is 74.1 Å². The number of rotatable bonds is 6. The number of amides is 1. The number of benzene rings is 1. The molecule has 0 spiro atoms. The molecule has 2 heterocycles. The van der Waals surface area contributed by atoms with Crippen molar-refractivity contribution in [2.45, 2.75) is 11.8 Å². The normalized spacial score (nSPS) is 14.2. The molecule has 11 nitrogen and oxygen atoms in total. The predicted octanol–water partition coefficient (Wildman–Crippen LogP) is 1.53. The third-order valence-corrected chi connectivity index (χ3v) is 6.02. The van der Waals surface area contributed by atoms with Crippen molar-refractivity contribution in [2.24, 2.45) is 0 Å². The van der Waals surface area contributed by atoms with Gasteiger partial charge in [-0.25, -0.2) is 18.2 Å². The van der Waals surface area contributed by atoms with E-state index in [0.717, 1.165) is 24.5 Å². The molecule has 0 radical (unpaired) electrons. The van der Waals surface area contributed by atoms with Crippen LogP contribution in [0.2, 0.25) is 0 Å². The second-order valence-electron chi connectivity index (χ2n) is 7.15. The van der Waals surface area contributed by atoms with Gasteiger partial charge in [0.25, 0.3) is 11.6 Å². The van der Waals surface area contributed by atoms with Crippen LogP contribution in [0.3, 0.4) is 0 Å². The molecule has 0 N–H and O–H groups in total. The van der Waals surface area contributed by atoms with Crippen molar-refractivity contribution in [1.82, 2.24) is 9.88 Å². The van der Waals surface area contributed by atoms with Gasteiger partial charge in [-0.3, -0.25) is 14.9 Å². The molecule has 1 saturated heterocycles. The van der Waals surface area contributed by atoms with Gasteiger partial charge in [-0.2, -0.15) is 0 Å². The Bertz CT molecular complexity index is 1140. The molecule has 0 saturated carbocycles. The summed E-state index contributed by atoms with van der Waals surface area (Å²) in [5.74, 6) is -0.295. The van der Waals surface area contributed by atoms with Crippen molar-refractivity contribution in [3.05, 3.63) is 57.8 Å². The quantitative estimate of drug-likeness (QED) is 0.355. The Balaban J connectivity index is 1.71. The fourth-order valence-electron chi connectivity index (χ4n) is 3.26. The average molecular weight is 462 g/mol. The van der Waals surface area contributed by atoms with Gasteiger partial charge in [0, 0.05) is 56.3 Å². The van der Waals surface area contributed by atoms with Gasteiger partial charge in [0.15, 0.2) is 9.84 Å². The van der Waals surface area contributed by atoms with Crippen molar-refractivity contribution >= 4 is 33.2 Å². The molecular weight excluding hydrogens is 440 g/mol. The maximum atomic E-state index is 12.9. The van der Waals surface area contributed by atoms with Crippen LogP contribution in [0.5, 0.6) is 0 Å². The lowest BCUT2D eigenvalue weighted by Crippen LogP contribution is -2.49. The summed E-state index contributed by atoms with van der Waals surface area (Å²) in [6.07, 6.45) is 2.36. The number of non-ortho nitro benzene ring substituents is 1. The maximum Gasteiger partial charge on any atom is 0.339 e. The first-order chi connectivity index (χ1) is 15.1. The van der Waals surface area contributed by atoms with E-state index in [0.29, 0.717) is 37.6 Å². The summed E-state index contributed by atoms with van der Waals surface area (Å²) < 4.78 is 28.7. The number of sulfone groups is 1. The minimum absolute atomic E-state index is 0.0509. The molecule has 1 aliphatic rings. The van der Waals surface area contributed by atoms with Crippen LogP contribution in [-0.2, 0) is 14.6 Å². The summed E-state index contributed by atoms with van der Waals surface area (Å²) in [5, 5.41) is 11.2. The lowest BCUT2D eigenvalue weighted by molar-refractivity contribution is -0.385. The molecule has 1 fully saturated rings. The van der Waals surface area contributed by atoms with Crippen molar-refractivity contribution in [3.8, 4) is 0 Å². The molecule has 1 aromatic heterocycles. The van der Waals surface area contributed by atoms with Gasteiger partial charge >= 0.3 is 5.97 Å². The number of esters is 1. The Kier molecular flexibility index (Phi) is 6.72. The van der Waals surface area contributed by atoms with Gasteiger partial charge in [0.2, 0.25) is 0 Å². The number of anilines is 1. The van der Waals surface area contributed by atoms with Gasteiger partial charge in [-0.05, 0) is 25.1 Å². The highest BCUT2D eigenvalue weighted by Gasteiger charge is 2.26. The van der Waals surface area contributed by atoms with E-state index in [1.807, 2.05) is 4.90 Å². The van der Waals surface area contributed by atoms with Crippen LogP contribution in [0.15, 0.2) is 41.4 Å². The molecule has 0 aliphatic carbocycles. The summed E-state index contributed by atoms with van der Waals surface area (Å²) in [7, 11) is -3.73. The fourth-order valence-corrected chi connectivity index (χ4v) is 3.93. The summed E-state index contributed by atoms with van der Waals surface area (Å²) in [6.45, 7) is 3.52. The van der Waals surface area contributed by atoms with Gasteiger partial charge in [-0.15, -0.1) is 0 Å². The third kappa shape index (κ3) is 5.19. The van der Waals surface area contributed by atoms with E-state index in [1.54, 1.807) is 19.1 Å². The monoisotopic (exact) mass is 462 g/mol. The van der Waals surface area contributed by atoms with E-state index in [9.17, 15) is 28.1 Å². The maximum absolute atomic E-state index is 12.9. The minimum atomic E-state index is -3.73. The zero-order valence-electron chi connectivity index (χ0n) is 17.6. The molecule has 170 valence electrons. The highest BCUT2D eigenvalue weighted by molar-refractivity contribution is 7.90. The van der Waals surface area contributed by atoms with Gasteiger partial charge in [0.1, 0.15) is 5.82 Å². The van der Waals surface area contributed by atoms with Crippen LogP contribution >= 0.6 is 0 Å². The second kappa shape index (κ2) is 9.30. The highest BCUT2D eigenvalue weighted by atomic mass is 32.2. The third-order valence-electron chi connectivity index (χ3n) is 4.93. The SMILES string of the molecule is CCOC(=O)c1ccc(N2CCN(C(=O)c3cc([N+](=O)[O-])cc(S(C)(=O)=O)c3)CC2)nc1. The van der Waals surface area contributed by atoms with Crippen LogP contribution in [0.25, 0.3) is 0 Å². The minimum Gasteiger partial charge on any atom is -0.462 e. The van der Waals surface area contributed by atoms with Crippen LogP contribution in [0, 0.1) is 10.1 Å². The van der Waals surface area contributed by atoms with Crippen molar-refractivity contribution in [1.29, 1.82) is 0 Å². The van der Waals surface area contributed by atoms with Gasteiger partial charge < -0.3 is 14.5 Å². The lowest BCUT2D eigenvalue weighted by atomic mass is 10.1. The fraction of sp³-hybridized carbons (Fsp3) is 0.350. The van der Waals surface area contributed by atoms with Crippen LogP contribution in [0.1, 0.15) is 27.6 Å². The Labute approximate surface area is 184 Å². The molecule has 12 heteroatoms. The number of nitro benzene ring substituents is 1. The number of pyridine rings is 1. The molecule has 1 aliphatic heterocycles. The van der Waals surface area contributed by atoms with Gasteiger partial charge in [0.05, 0.1) is 22.0 Å². The number of piperazine rings is 1. The molecule has 32 heavy (non-hydrogen) atoms. The molecule has 0 atom stereocenters. The first-order valence-electron chi connectivity index (χ1n) is 9.77. The van der Waals surface area contributed by atoms with Crippen molar-refractivity contribution in [3.63, 3.8) is 0 Å². The largest absolute Gasteiger partial charge is 0.462 e. The summed E-state index contributed by atoms with van der Waals surface area (Å²) in [4.78, 5) is 42.5. The van der Waals surface area contributed by atoms with E-state index < -0.39 is 32.3 Å². The Morgan fingerprint density at radius 2 is 1.81 bits per heavy atom. The molecule has 3 rings (SSSR count). The number of carbonyl (C=O) groups excluding carboxylic acids is 2. The summed E-state index contributed by atoms with van der Waals surface area (Å²) >= 11 is 0. The number of hydrogen-bond acceptors (Lipinski definition) is 9. The van der Waals surface area contributed by atoms with Crippen LogP contribution in [0.4, 0.5) is 11.5 Å². The topological polar surface area (TPSA) is 140 Å². The molecule has 2 aromatic rings. The Hall–Kier alpha value is -3.54. The van der Waals surface area contributed by atoms with E-state index in [-0.39, 0.29) is 17.1 Å². The number of carbonyl (C=O) groups is 2. The second-order valence-corrected chi connectivity index (χ2v) is 9.17.